The Hall–Kier alpha value is -3.69. The number of nitrogens with one attached hydrogen (secondary N) is 1. The Morgan fingerprint density at radius 1 is 1.03 bits per heavy atom. The number of hydrogen-bond acceptors (Lipinski definition) is 7. The van der Waals surface area contributed by atoms with E-state index in [0.29, 0.717) is 23.5 Å². The van der Waals surface area contributed by atoms with Gasteiger partial charge in [0.15, 0.2) is 5.82 Å². The first-order valence-electron chi connectivity index (χ1n) is 13.0. The lowest BCUT2D eigenvalue weighted by atomic mass is 9.95. The van der Waals surface area contributed by atoms with Gasteiger partial charge in [-0.2, -0.15) is 0 Å². The highest BCUT2D eigenvalue weighted by atomic mass is 32.2. The lowest BCUT2D eigenvalue weighted by Gasteiger charge is -2.19. The minimum Gasteiger partial charge on any atom is -0.488 e. The van der Waals surface area contributed by atoms with E-state index >= 15 is 0 Å². The quantitative estimate of drug-likeness (QED) is 0.228. The molecule has 7 nitrogen and oxygen atoms in total. The molecule has 0 atom stereocenters. The Morgan fingerprint density at radius 2 is 1.79 bits per heavy atom. The number of ether oxygens (including phenoxy) is 1. The minimum atomic E-state index is -3.92. The zero-order valence-corrected chi connectivity index (χ0v) is 23.7. The second kappa shape index (κ2) is 10.1. The number of hydrogen-bond donors (Lipinski definition) is 1. The van der Waals surface area contributed by atoms with Crippen LogP contribution in [0.2, 0.25) is 0 Å². The standard InChI is InChI=1S/C30H29N3O4S2/c1-18-16-26(23-8-4-6-10-25(23)31-18)36-17-21-12-14-22(15-13-21)28-24-9-5-7-11-27(24)38-30(28)39(34,35)33-29-19(2)20(3)37-32-29/h5,7,9,11-16H,4,6,8,10,17H2,1-3H3,(H,32,33). The maximum atomic E-state index is 13.6. The Morgan fingerprint density at radius 3 is 2.56 bits per heavy atom. The van der Waals surface area contributed by atoms with E-state index < -0.39 is 10.0 Å². The fraction of sp³-hybridized carbons (Fsp3) is 0.267. The molecule has 5 aromatic rings. The Bertz CT molecular complexity index is 1790. The smallest absolute Gasteiger partial charge is 0.273 e. The van der Waals surface area contributed by atoms with E-state index in [9.17, 15) is 8.42 Å². The molecule has 6 rings (SSSR count). The highest BCUT2D eigenvalue weighted by Gasteiger charge is 2.27. The predicted octanol–water partition coefficient (Wildman–Crippen LogP) is 7.14. The Labute approximate surface area is 231 Å². The summed E-state index contributed by atoms with van der Waals surface area (Å²) >= 11 is 1.24. The monoisotopic (exact) mass is 559 g/mol. The van der Waals surface area contributed by atoms with Gasteiger partial charge in [0, 0.05) is 44.2 Å². The minimum absolute atomic E-state index is 0.205. The number of fused-ring (bicyclic) bond motifs is 2. The van der Waals surface area contributed by atoms with Crippen molar-refractivity contribution in [2.45, 2.75) is 57.3 Å². The van der Waals surface area contributed by atoms with Crippen molar-refractivity contribution in [2.75, 3.05) is 4.72 Å². The summed E-state index contributed by atoms with van der Waals surface area (Å²) in [5.74, 6) is 1.70. The largest absolute Gasteiger partial charge is 0.488 e. The summed E-state index contributed by atoms with van der Waals surface area (Å²) in [6.07, 6.45) is 4.34. The first-order valence-corrected chi connectivity index (χ1v) is 15.3. The van der Waals surface area contributed by atoms with E-state index in [1.165, 1.54) is 23.3 Å². The van der Waals surface area contributed by atoms with Crippen molar-refractivity contribution < 1.29 is 17.7 Å². The Kier molecular flexibility index (Phi) is 6.64. The third-order valence-electron chi connectivity index (χ3n) is 7.22. The van der Waals surface area contributed by atoms with Crippen LogP contribution in [0.3, 0.4) is 0 Å². The molecule has 2 aromatic carbocycles. The van der Waals surface area contributed by atoms with Crippen molar-refractivity contribution in [2.24, 2.45) is 0 Å². The molecule has 1 aliphatic carbocycles. The third kappa shape index (κ3) is 4.92. The molecule has 0 saturated heterocycles. The number of aromatic nitrogens is 2. The number of sulfonamides is 1. The number of anilines is 1. The Balaban J connectivity index is 1.31. The van der Waals surface area contributed by atoms with Crippen molar-refractivity contribution in [3.63, 3.8) is 0 Å². The van der Waals surface area contributed by atoms with E-state index in [4.69, 9.17) is 14.2 Å². The molecule has 9 heteroatoms. The van der Waals surface area contributed by atoms with Crippen molar-refractivity contribution in [3.05, 3.63) is 88.4 Å². The van der Waals surface area contributed by atoms with E-state index in [0.717, 1.165) is 57.6 Å². The number of benzene rings is 2. The molecular formula is C30H29N3O4S2. The normalized spacial score (nSPS) is 13.4. The third-order valence-corrected chi connectivity index (χ3v) is 10.2. The first-order chi connectivity index (χ1) is 18.8. The zero-order valence-electron chi connectivity index (χ0n) is 22.1. The highest BCUT2D eigenvalue weighted by molar-refractivity contribution is 7.95. The molecule has 0 spiro atoms. The summed E-state index contributed by atoms with van der Waals surface area (Å²) in [7, 11) is -3.92. The number of aryl methyl sites for hydroxylation is 3. The molecule has 3 heterocycles. The van der Waals surface area contributed by atoms with Gasteiger partial charge in [-0.15, -0.1) is 11.3 Å². The van der Waals surface area contributed by atoms with Gasteiger partial charge in [-0.05, 0) is 63.6 Å². The lowest BCUT2D eigenvalue weighted by Crippen LogP contribution is -2.13. The number of nitrogens with zero attached hydrogens (tertiary/aromatic N) is 2. The number of thiophene rings is 1. The topological polar surface area (TPSA) is 94.3 Å². The second-order valence-corrected chi connectivity index (χ2v) is 12.9. The molecule has 39 heavy (non-hydrogen) atoms. The maximum absolute atomic E-state index is 13.6. The summed E-state index contributed by atoms with van der Waals surface area (Å²) in [4.78, 5) is 4.71. The summed E-state index contributed by atoms with van der Waals surface area (Å²) in [6, 6.07) is 17.7. The van der Waals surface area contributed by atoms with Crippen LogP contribution in [-0.2, 0) is 29.5 Å². The average Bonchev–Trinajstić information content (AvgIpc) is 3.48. The molecule has 200 valence electrons. The van der Waals surface area contributed by atoms with Crippen LogP contribution >= 0.6 is 11.3 Å². The summed E-state index contributed by atoms with van der Waals surface area (Å²) in [5, 5.41) is 4.78. The molecule has 0 saturated carbocycles. The van der Waals surface area contributed by atoms with Gasteiger partial charge in [-0.3, -0.25) is 9.71 Å². The van der Waals surface area contributed by atoms with E-state index in [1.54, 1.807) is 13.8 Å². The van der Waals surface area contributed by atoms with Crippen LogP contribution in [0.15, 0.2) is 63.3 Å². The SMILES string of the molecule is Cc1cc(OCc2ccc(-c3c(S(=O)(=O)Nc4noc(C)c4C)sc4ccccc34)cc2)c2c(n1)CCCC2. The molecule has 0 fully saturated rings. The van der Waals surface area contributed by atoms with Crippen LogP contribution in [0.25, 0.3) is 21.2 Å². The van der Waals surface area contributed by atoms with Gasteiger partial charge >= 0.3 is 0 Å². The van der Waals surface area contributed by atoms with Crippen molar-refractivity contribution in [1.29, 1.82) is 0 Å². The predicted molar refractivity (Wildman–Crippen MR) is 154 cm³/mol. The zero-order chi connectivity index (χ0) is 27.1. The molecule has 0 radical (unpaired) electrons. The fourth-order valence-corrected chi connectivity index (χ4v) is 7.85. The highest BCUT2D eigenvalue weighted by Crippen LogP contribution is 2.42. The molecule has 1 aliphatic rings. The summed E-state index contributed by atoms with van der Waals surface area (Å²) in [6.45, 7) is 5.96. The molecule has 0 bridgehead atoms. The van der Waals surface area contributed by atoms with E-state index in [2.05, 4.69) is 9.88 Å². The van der Waals surface area contributed by atoms with Crippen LogP contribution in [0.5, 0.6) is 5.75 Å². The molecule has 0 aliphatic heterocycles. The lowest BCUT2D eigenvalue weighted by molar-refractivity contribution is 0.300. The van der Waals surface area contributed by atoms with Gasteiger partial charge in [0.1, 0.15) is 22.3 Å². The summed E-state index contributed by atoms with van der Waals surface area (Å²) < 4.78 is 42.4. The number of pyridine rings is 1. The second-order valence-electron chi connectivity index (χ2n) is 9.96. The molecule has 0 amide bonds. The van der Waals surface area contributed by atoms with Crippen molar-refractivity contribution in [3.8, 4) is 16.9 Å². The average molecular weight is 560 g/mol. The molecule has 3 aromatic heterocycles. The van der Waals surface area contributed by atoms with Gasteiger partial charge in [0.05, 0.1) is 0 Å². The van der Waals surface area contributed by atoms with E-state index in [-0.39, 0.29) is 10.0 Å². The maximum Gasteiger partial charge on any atom is 0.273 e. The summed E-state index contributed by atoms with van der Waals surface area (Å²) in [5.41, 5.74) is 6.53. The van der Waals surface area contributed by atoms with Crippen LogP contribution in [0.1, 0.15) is 46.7 Å². The molecule has 0 unspecified atom stereocenters. The van der Waals surface area contributed by atoms with Gasteiger partial charge < -0.3 is 9.26 Å². The van der Waals surface area contributed by atoms with Crippen LogP contribution in [0.4, 0.5) is 5.82 Å². The van der Waals surface area contributed by atoms with Crippen LogP contribution in [-0.4, -0.2) is 18.6 Å². The first kappa shape index (κ1) is 25.6. The fourth-order valence-electron chi connectivity index (χ4n) is 5.03. The number of rotatable bonds is 7. The van der Waals surface area contributed by atoms with Crippen LogP contribution in [0, 0.1) is 20.8 Å². The van der Waals surface area contributed by atoms with Gasteiger partial charge in [-0.25, -0.2) is 8.42 Å². The van der Waals surface area contributed by atoms with Crippen molar-refractivity contribution >= 4 is 37.3 Å². The molecular weight excluding hydrogens is 530 g/mol. The van der Waals surface area contributed by atoms with Crippen molar-refractivity contribution in [1.82, 2.24) is 10.1 Å². The van der Waals surface area contributed by atoms with E-state index in [1.807, 2.05) is 61.5 Å². The van der Waals surface area contributed by atoms with Gasteiger partial charge in [0.25, 0.3) is 10.0 Å². The molecule has 1 N–H and O–H groups in total. The van der Waals surface area contributed by atoms with Gasteiger partial charge in [0.2, 0.25) is 0 Å². The van der Waals surface area contributed by atoms with Crippen LogP contribution < -0.4 is 9.46 Å². The van der Waals surface area contributed by atoms with Gasteiger partial charge in [-0.1, -0.05) is 47.6 Å².